The quantitative estimate of drug-likeness (QED) is 0.760. The minimum atomic E-state index is 0.331. The molecule has 1 unspecified atom stereocenters. The minimum Gasteiger partial charge on any atom is -0.495 e. The number of nitrogens with two attached hydrogens (primary N) is 1. The van der Waals surface area contributed by atoms with E-state index in [9.17, 15) is 0 Å². The number of pyridine rings is 1. The highest BCUT2D eigenvalue weighted by atomic mass is 16.5. The molecule has 4 nitrogen and oxygen atoms in total. The Balaban J connectivity index is 2.59. The van der Waals surface area contributed by atoms with Crippen molar-refractivity contribution >= 4 is 0 Å². The number of methoxy groups -OCH3 is 1. The van der Waals surface area contributed by atoms with Crippen LogP contribution >= 0.6 is 0 Å². The average Bonchev–Trinajstić information content (AvgIpc) is 2.30. The van der Waals surface area contributed by atoms with Crippen LogP contribution in [-0.2, 0) is 6.54 Å². The van der Waals surface area contributed by atoms with Gasteiger partial charge in [0.1, 0.15) is 5.75 Å². The molecule has 0 saturated heterocycles. The van der Waals surface area contributed by atoms with Crippen molar-refractivity contribution in [1.82, 2.24) is 10.3 Å². The smallest absolute Gasteiger partial charge is 0.141 e. The van der Waals surface area contributed by atoms with Crippen molar-refractivity contribution in [3.05, 3.63) is 24.0 Å². The van der Waals surface area contributed by atoms with E-state index in [1.165, 1.54) is 0 Å². The van der Waals surface area contributed by atoms with E-state index in [0.29, 0.717) is 18.5 Å². The minimum absolute atomic E-state index is 0.331. The predicted octanol–water partition coefficient (Wildman–Crippen LogP) is 1.16. The third-order valence-corrected chi connectivity index (χ3v) is 2.70. The van der Waals surface area contributed by atoms with E-state index in [2.05, 4.69) is 24.1 Å². The molecule has 16 heavy (non-hydrogen) atoms. The first kappa shape index (κ1) is 12.9. The predicted molar refractivity (Wildman–Crippen MR) is 65.3 cm³/mol. The highest BCUT2D eigenvalue weighted by Gasteiger charge is 2.11. The van der Waals surface area contributed by atoms with Gasteiger partial charge in [-0.15, -0.1) is 0 Å². The van der Waals surface area contributed by atoms with Crippen LogP contribution in [0.1, 0.15) is 19.4 Å². The zero-order chi connectivity index (χ0) is 12.0. The van der Waals surface area contributed by atoms with E-state index in [0.717, 1.165) is 17.9 Å². The second-order valence-electron chi connectivity index (χ2n) is 4.15. The summed E-state index contributed by atoms with van der Waals surface area (Å²) in [7, 11) is 1.66. The molecule has 4 heteroatoms. The molecule has 0 saturated carbocycles. The van der Waals surface area contributed by atoms with E-state index in [1.54, 1.807) is 19.5 Å². The van der Waals surface area contributed by atoms with Gasteiger partial charge in [-0.3, -0.25) is 4.98 Å². The monoisotopic (exact) mass is 223 g/mol. The van der Waals surface area contributed by atoms with Crippen LogP contribution in [-0.4, -0.2) is 24.7 Å². The number of rotatable bonds is 6. The van der Waals surface area contributed by atoms with Gasteiger partial charge < -0.3 is 15.8 Å². The number of hydrogen-bond donors (Lipinski definition) is 2. The normalized spacial score (nSPS) is 12.8. The largest absolute Gasteiger partial charge is 0.495 e. The van der Waals surface area contributed by atoms with Crippen molar-refractivity contribution in [2.45, 2.75) is 26.4 Å². The summed E-state index contributed by atoms with van der Waals surface area (Å²) >= 11 is 0. The van der Waals surface area contributed by atoms with Gasteiger partial charge in [0, 0.05) is 30.9 Å². The van der Waals surface area contributed by atoms with Gasteiger partial charge in [-0.2, -0.15) is 0 Å². The topological polar surface area (TPSA) is 60.2 Å². The van der Waals surface area contributed by atoms with Crippen LogP contribution in [0.4, 0.5) is 0 Å². The molecule has 1 atom stereocenters. The zero-order valence-corrected chi connectivity index (χ0v) is 10.2. The van der Waals surface area contributed by atoms with Gasteiger partial charge in [-0.25, -0.2) is 0 Å². The van der Waals surface area contributed by atoms with Crippen LogP contribution in [0, 0.1) is 5.92 Å². The molecule has 0 aliphatic carbocycles. The Morgan fingerprint density at radius 1 is 1.50 bits per heavy atom. The van der Waals surface area contributed by atoms with Crippen LogP contribution in [0.3, 0.4) is 0 Å². The van der Waals surface area contributed by atoms with Crippen LogP contribution in [0.5, 0.6) is 5.75 Å². The molecule has 0 amide bonds. The lowest BCUT2D eigenvalue weighted by atomic mass is 10.0. The molecule has 0 bridgehead atoms. The summed E-state index contributed by atoms with van der Waals surface area (Å²) in [5, 5.41) is 3.43. The van der Waals surface area contributed by atoms with Gasteiger partial charge in [0.2, 0.25) is 0 Å². The van der Waals surface area contributed by atoms with Crippen LogP contribution < -0.4 is 15.8 Å². The van der Waals surface area contributed by atoms with Crippen molar-refractivity contribution in [2.75, 3.05) is 13.7 Å². The first-order chi connectivity index (χ1) is 7.69. The van der Waals surface area contributed by atoms with Gasteiger partial charge in [-0.05, 0) is 12.0 Å². The van der Waals surface area contributed by atoms with Crippen LogP contribution in [0.2, 0.25) is 0 Å². The molecule has 3 N–H and O–H groups in total. The van der Waals surface area contributed by atoms with E-state index in [1.807, 2.05) is 6.07 Å². The highest BCUT2D eigenvalue weighted by molar-refractivity contribution is 5.29. The molecule has 1 aromatic heterocycles. The summed E-state index contributed by atoms with van der Waals surface area (Å²) in [5.74, 6) is 1.34. The Morgan fingerprint density at radius 2 is 2.25 bits per heavy atom. The SMILES string of the molecule is COc1cnccc1CNC(CN)C(C)C. The highest BCUT2D eigenvalue weighted by Crippen LogP contribution is 2.15. The van der Waals surface area contributed by atoms with Crippen LogP contribution in [0.15, 0.2) is 18.5 Å². The van der Waals surface area contributed by atoms with E-state index < -0.39 is 0 Å². The zero-order valence-electron chi connectivity index (χ0n) is 10.2. The van der Waals surface area contributed by atoms with Crippen molar-refractivity contribution in [3.63, 3.8) is 0 Å². The number of aromatic nitrogens is 1. The molecule has 0 aliphatic heterocycles. The molecule has 90 valence electrons. The fraction of sp³-hybridized carbons (Fsp3) is 0.583. The lowest BCUT2D eigenvalue weighted by Gasteiger charge is -2.21. The summed E-state index contributed by atoms with van der Waals surface area (Å²) < 4.78 is 5.24. The van der Waals surface area contributed by atoms with Gasteiger partial charge in [0.15, 0.2) is 0 Å². The Kier molecular flexibility index (Phi) is 5.22. The van der Waals surface area contributed by atoms with Gasteiger partial charge in [0.25, 0.3) is 0 Å². The summed E-state index contributed by atoms with van der Waals surface area (Å²) in [6.07, 6.45) is 3.50. The van der Waals surface area contributed by atoms with E-state index in [-0.39, 0.29) is 0 Å². The van der Waals surface area contributed by atoms with Crippen molar-refractivity contribution in [3.8, 4) is 5.75 Å². The number of nitrogens with one attached hydrogen (secondary N) is 1. The Morgan fingerprint density at radius 3 is 2.81 bits per heavy atom. The Labute approximate surface area is 97.2 Å². The fourth-order valence-corrected chi connectivity index (χ4v) is 1.57. The van der Waals surface area contributed by atoms with Gasteiger partial charge >= 0.3 is 0 Å². The second kappa shape index (κ2) is 6.45. The molecular weight excluding hydrogens is 202 g/mol. The maximum atomic E-state index is 5.70. The van der Waals surface area contributed by atoms with Crippen LogP contribution in [0.25, 0.3) is 0 Å². The third kappa shape index (κ3) is 3.47. The second-order valence-corrected chi connectivity index (χ2v) is 4.15. The van der Waals surface area contributed by atoms with E-state index >= 15 is 0 Å². The van der Waals surface area contributed by atoms with Crippen molar-refractivity contribution in [1.29, 1.82) is 0 Å². The maximum Gasteiger partial charge on any atom is 0.141 e. The maximum absolute atomic E-state index is 5.70. The first-order valence-corrected chi connectivity index (χ1v) is 5.59. The average molecular weight is 223 g/mol. The Hall–Kier alpha value is -1.13. The molecule has 1 heterocycles. The fourth-order valence-electron chi connectivity index (χ4n) is 1.57. The summed E-state index contributed by atoms with van der Waals surface area (Å²) in [6, 6.07) is 2.29. The molecule has 1 aromatic rings. The van der Waals surface area contributed by atoms with E-state index in [4.69, 9.17) is 10.5 Å². The molecule has 0 aliphatic rings. The van der Waals surface area contributed by atoms with Crippen molar-refractivity contribution in [2.24, 2.45) is 11.7 Å². The molecule has 0 aromatic carbocycles. The lowest BCUT2D eigenvalue weighted by Crippen LogP contribution is -2.39. The molecular formula is C12H21N3O. The third-order valence-electron chi connectivity index (χ3n) is 2.70. The number of ether oxygens (including phenoxy) is 1. The molecule has 0 spiro atoms. The Bertz CT molecular complexity index is 315. The molecule has 0 fully saturated rings. The lowest BCUT2D eigenvalue weighted by molar-refractivity contribution is 0.385. The summed E-state index contributed by atoms with van der Waals surface area (Å²) in [5.41, 5.74) is 6.81. The van der Waals surface area contributed by atoms with Gasteiger partial charge in [0.05, 0.1) is 13.3 Å². The molecule has 1 rings (SSSR count). The first-order valence-electron chi connectivity index (χ1n) is 5.59. The standard InChI is InChI=1S/C12H21N3O/c1-9(2)11(6-13)15-7-10-4-5-14-8-12(10)16-3/h4-5,8-9,11,15H,6-7,13H2,1-3H3. The summed E-state index contributed by atoms with van der Waals surface area (Å²) in [4.78, 5) is 4.02. The van der Waals surface area contributed by atoms with Crippen molar-refractivity contribution < 1.29 is 4.74 Å². The molecule has 0 radical (unpaired) electrons. The number of hydrogen-bond acceptors (Lipinski definition) is 4. The number of nitrogens with zero attached hydrogens (tertiary/aromatic N) is 1. The summed E-state index contributed by atoms with van der Waals surface area (Å²) in [6.45, 7) is 5.72. The van der Waals surface area contributed by atoms with Gasteiger partial charge in [-0.1, -0.05) is 13.8 Å².